The molecule has 1 aliphatic rings. The molecule has 0 aromatic carbocycles. The van der Waals surface area contributed by atoms with Gasteiger partial charge in [0.05, 0.1) is 6.10 Å². The Kier molecular flexibility index (Phi) is 3.42. The van der Waals surface area contributed by atoms with E-state index in [2.05, 4.69) is 4.18 Å². The summed E-state index contributed by atoms with van der Waals surface area (Å²) in [5.74, 6) is 0. The second kappa shape index (κ2) is 4.13. The van der Waals surface area contributed by atoms with Crippen LogP contribution in [-0.2, 0) is 15.5 Å². The van der Waals surface area contributed by atoms with E-state index < -0.39 is 17.5 Å². The molecule has 0 aliphatic heterocycles. The molecule has 0 radical (unpaired) electrons. The zero-order valence-electron chi connectivity index (χ0n) is 6.03. The SMILES string of the molecule is O=S(O)OC1CCCC(F)C1. The minimum Gasteiger partial charge on any atom is -0.284 e. The second-order valence-corrected chi connectivity index (χ2v) is 3.33. The van der Waals surface area contributed by atoms with Crippen molar-refractivity contribution in [3.8, 4) is 0 Å². The van der Waals surface area contributed by atoms with E-state index in [0.29, 0.717) is 12.8 Å². The molecule has 5 heteroatoms. The molecule has 1 rings (SSSR count). The summed E-state index contributed by atoms with van der Waals surface area (Å²) in [6.07, 6.45) is 1.00. The zero-order valence-corrected chi connectivity index (χ0v) is 6.85. The summed E-state index contributed by atoms with van der Waals surface area (Å²) in [4.78, 5) is 0. The van der Waals surface area contributed by atoms with Gasteiger partial charge >= 0.3 is 11.4 Å². The fourth-order valence-corrected chi connectivity index (χ4v) is 1.70. The van der Waals surface area contributed by atoms with Crippen LogP contribution in [0.1, 0.15) is 25.7 Å². The highest BCUT2D eigenvalue weighted by Gasteiger charge is 2.23. The molecule has 0 saturated heterocycles. The van der Waals surface area contributed by atoms with Crippen molar-refractivity contribution >= 4 is 11.4 Å². The van der Waals surface area contributed by atoms with Crippen molar-refractivity contribution in [3.63, 3.8) is 0 Å². The van der Waals surface area contributed by atoms with Gasteiger partial charge in [0, 0.05) is 6.42 Å². The van der Waals surface area contributed by atoms with Crippen LogP contribution in [0.4, 0.5) is 4.39 Å². The summed E-state index contributed by atoms with van der Waals surface area (Å²) >= 11 is -2.24. The van der Waals surface area contributed by atoms with E-state index in [1.54, 1.807) is 0 Å². The molecule has 0 heterocycles. The molecule has 1 aliphatic carbocycles. The van der Waals surface area contributed by atoms with Crippen LogP contribution in [0.15, 0.2) is 0 Å². The Morgan fingerprint density at radius 3 is 2.82 bits per heavy atom. The third kappa shape index (κ3) is 3.27. The Morgan fingerprint density at radius 1 is 1.55 bits per heavy atom. The Labute approximate surface area is 67.4 Å². The normalized spacial score (nSPS) is 35.1. The second-order valence-electron chi connectivity index (χ2n) is 2.70. The minimum atomic E-state index is -2.24. The van der Waals surface area contributed by atoms with E-state index in [0.717, 1.165) is 6.42 Å². The van der Waals surface area contributed by atoms with Gasteiger partial charge in [0.15, 0.2) is 0 Å². The fourth-order valence-electron chi connectivity index (χ4n) is 1.29. The standard InChI is InChI=1S/C6H11FO3S/c7-5-2-1-3-6(4-5)10-11(8)9/h5-6H,1-4H2,(H,8,9). The third-order valence-corrected chi connectivity index (χ3v) is 2.22. The number of rotatable bonds is 2. The van der Waals surface area contributed by atoms with Gasteiger partial charge in [0.25, 0.3) is 0 Å². The third-order valence-electron chi connectivity index (χ3n) is 1.78. The van der Waals surface area contributed by atoms with Gasteiger partial charge in [-0.1, -0.05) is 0 Å². The Hall–Kier alpha value is -0.0000000000000000555. The summed E-state index contributed by atoms with van der Waals surface area (Å²) in [6.45, 7) is 0. The van der Waals surface area contributed by atoms with Gasteiger partial charge in [-0.2, -0.15) is 4.21 Å². The van der Waals surface area contributed by atoms with E-state index in [1.807, 2.05) is 0 Å². The van der Waals surface area contributed by atoms with Crippen LogP contribution < -0.4 is 0 Å². The van der Waals surface area contributed by atoms with Crippen molar-refractivity contribution in [1.29, 1.82) is 0 Å². The van der Waals surface area contributed by atoms with Crippen LogP contribution in [-0.4, -0.2) is 21.0 Å². The van der Waals surface area contributed by atoms with Crippen LogP contribution in [0.2, 0.25) is 0 Å². The smallest absolute Gasteiger partial charge is 0.284 e. The molecule has 0 aromatic heterocycles. The monoisotopic (exact) mass is 182 g/mol. The first kappa shape index (κ1) is 9.09. The van der Waals surface area contributed by atoms with Crippen molar-refractivity contribution in [2.45, 2.75) is 38.0 Å². The molecular weight excluding hydrogens is 171 g/mol. The lowest BCUT2D eigenvalue weighted by Gasteiger charge is -2.22. The molecule has 1 saturated carbocycles. The lowest BCUT2D eigenvalue weighted by Crippen LogP contribution is -2.24. The average Bonchev–Trinajstić information content (AvgIpc) is 1.85. The molecule has 0 spiro atoms. The largest absolute Gasteiger partial charge is 0.302 e. The maximum atomic E-state index is 12.6. The highest BCUT2D eigenvalue weighted by atomic mass is 32.2. The van der Waals surface area contributed by atoms with E-state index >= 15 is 0 Å². The summed E-state index contributed by atoms with van der Waals surface area (Å²) in [6, 6.07) is 0. The zero-order chi connectivity index (χ0) is 8.27. The summed E-state index contributed by atoms with van der Waals surface area (Å²) in [5, 5.41) is 0. The predicted octanol–water partition coefficient (Wildman–Crippen LogP) is 1.42. The molecule has 0 bridgehead atoms. The van der Waals surface area contributed by atoms with E-state index in [9.17, 15) is 8.60 Å². The molecule has 3 nitrogen and oxygen atoms in total. The Bertz CT molecular complexity index is 153. The van der Waals surface area contributed by atoms with Gasteiger partial charge in [-0.3, -0.25) is 8.74 Å². The number of hydrogen-bond acceptors (Lipinski definition) is 2. The maximum absolute atomic E-state index is 12.6. The average molecular weight is 182 g/mol. The maximum Gasteiger partial charge on any atom is 0.302 e. The van der Waals surface area contributed by atoms with E-state index in [4.69, 9.17) is 4.55 Å². The fraction of sp³-hybridized carbons (Fsp3) is 1.00. The van der Waals surface area contributed by atoms with E-state index in [1.165, 1.54) is 0 Å². The van der Waals surface area contributed by atoms with Gasteiger partial charge in [0.1, 0.15) is 6.17 Å². The topological polar surface area (TPSA) is 46.5 Å². The van der Waals surface area contributed by atoms with Gasteiger partial charge in [-0.25, -0.2) is 4.39 Å². The molecule has 0 aromatic rings. The van der Waals surface area contributed by atoms with Crippen molar-refractivity contribution in [2.75, 3.05) is 0 Å². The molecular formula is C6H11FO3S. The van der Waals surface area contributed by atoms with Crippen LogP contribution in [0.3, 0.4) is 0 Å². The van der Waals surface area contributed by atoms with Crippen molar-refractivity contribution in [2.24, 2.45) is 0 Å². The van der Waals surface area contributed by atoms with Crippen molar-refractivity contribution in [3.05, 3.63) is 0 Å². The van der Waals surface area contributed by atoms with Crippen molar-refractivity contribution < 1.29 is 17.3 Å². The van der Waals surface area contributed by atoms with Gasteiger partial charge in [0.2, 0.25) is 0 Å². The van der Waals surface area contributed by atoms with Gasteiger partial charge < -0.3 is 0 Å². The number of hydrogen-bond donors (Lipinski definition) is 1. The highest BCUT2D eigenvalue weighted by molar-refractivity contribution is 7.74. The molecule has 1 N–H and O–H groups in total. The molecule has 11 heavy (non-hydrogen) atoms. The minimum absolute atomic E-state index is 0.256. The Balaban J connectivity index is 2.28. The lowest BCUT2D eigenvalue weighted by atomic mass is 9.96. The number of halogens is 1. The van der Waals surface area contributed by atoms with Gasteiger partial charge in [-0.15, -0.1) is 0 Å². The van der Waals surface area contributed by atoms with Crippen LogP contribution in [0.25, 0.3) is 0 Å². The first-order valence-electron chi connectivity index (χ1n) is 3.60. The molecule has 3 unspecified atom stereocenters. The first-order valence-corrected chi connectivity index (χ1v) is 4.63. The van der Waals surface area contributed by atoms with E-state index in [-0.39, 0.29) is 12.5 Å². The Morgan fingerprint density at radius 2 is 2.27 bits per heavy atom. The lowest BCUT2D eigenvalue weighted by molar-refractivity contribution is 0.106. The summed E-state index contributed by atoms with van der Waals surface area (Å²) in [7, 11) is 0. The summed E-state index contributed by atoms with van der Waals surface area (Å²) in [5.41, 5.74) is 0. The van der Waals surface area contributed by atoms with Crippen LogP contribution in [0, 0.1) is 0 Å². The summed E-state index contributed by atoms with van der Waals surface area (Å²) < 4.78 is 35.6. The van der Waals surface area contributed by atoms with Crippen LogP contribution >= 0.6 is 0 Å². The molecule has 0 amide bonds. The number of alkyl halides is 1. The molecule has 66 valence electrons. The first-order chi connectivity index (χ1) is 5.18. The molecule has 1 fully saturated rings. The quantitative estimate of drug-likeness (QED) is 0.657. The van der Waals surface area contributed by atoms with Gasteiger partial charge in [-0.05, 0) is 19.3 Å². The molecule has 3 atom stereocenters. The van der Waals surface area contributed by atoms with Crippen LogP contribution in [0.5, 0.6) is 0 Å². The van der Waals surface area contributed by atoms with Crippen molar-refractivity contribution in [1.82, 2.24) is 0 Å². The highest BCUT2D eigenvalue weighted by Crippen LogP contribution is 2.23. The predicted molar refractivity (Wildman–Crippen MR) is 39.0 cm³/mol.